The third-order valence-electron chi connectivity index (χ3n) is 4.12. The van der Waals surface area contributed by atoms with E-state index in [-0.39, 0.29) is 5.54 Å². The van der Waals surface area contributed by atoms with Gasteiger partial charge < -0.3 is 0 Å². The van der Waals surface area contributed by atoms with Crippen molar-refractivity contribution in [2.75, 3.05) is 0 Å². The van der Waals surface area contributed by atoms with Crippen LogP contribution in [0.1, 0.15) is 27.2 Å². The normalized spacial score (nSPS) is 55.9. The van der Waals surface area contributed by atoms with Gasteiger partial charge in [0.2, 0.25) is 0 Å². The zero-order chi connectivity index (χ0) is 8.93. The Bertz CT molecular complexity index is 256. The van der Waals surface area contributed by atoms with Crippen LogP contribution in [0.3, 0.4) is 0 Å². The Hall–Kier alpha value is -0.690. The summed E-state index contributed by atoms with van der Waals surface area (Å²) in [5.74, 6) is 2.87. The van der Waals surface area contributed by atoms with Crippen molar-refractivity contribution in [1.29, 1.82) is 0 Å². The van der Waals surface area contributed by atoms with Gasteiger partial charge in [0.25, 0.3) is 0 Å². The van der Waals surface area contributed by atoms with E-state index in [0.29, 0.717) is 11.8 Å². The highest BCUT2D eigenvalue weighted by molar-refractivity contribution is 5.16. The fraction of sp³-hybridized carbons (Fsp3) is 1.00. The average Bonchev–Trinajstić information content (AvgIpc) is 2.53. The van der Waals surface area contributed by atoms with E-state index in [1.165, 1.54) is 6.42 Å². The average molecular weight is 165 g/mol. The SMILES string of the molecule is C[C@H]1C2C[C@H](C)C(C)(N=[N+]=[N-])C21. The van der Waals surface area contributed by atoms with Crippen LogP contribution >= 0.6 is 0 Å². The van der Waals surface area contributed by atoms with E-state index in [1.807, 2.05) is 0 Å². The molecule has 0 spiro atoms. The van der Waals surface area contributed by atoms with Crippen LogP contribution in [0.15, 0.2) is 5.11 Å². The Morgan fingerprint density at radius 1 is 1.50 bits per heavy atom. The molecule has 66 valence electrons. The van der Waals surface area contributed by atoms with E-state index in [2.05, 4.69) is 30.8 Å². The van der Waals surface area contributed by atoms with Crippen molar-refractivity contribution in [1.82, 2.24) is 0 Å². The third-order valence-corrected chi connectivity index (χ3v) is 4.12. The fourth-order valence-electron chi connectivity index (χ4n) is 3.11. The van der Waals surface area contributed by atoms with Crippen molar-refractivity contribution in [3.63, 3.8) is 0 Å². The predicted octanol–water partition coefficient (Wildman–Crippen LogP) is 2.98. The van der Waals surface area contributed by atoms with E-state index < -0.39 is 0 Å². The van der Waals surface area contributed by atoms with E-state index >= 15 is 0 Å². The molecule has 0 aromatic carbocycles. The van der Waals surface area contributed by atoms with E-state index in [9.17, 15) is 0 Å². The number of nitrogens with zero attached hydrogens (tertiary/aromatic N) is 3. The monoisotopic (exact) mass is 165 g/mol. The molecule has 0 amide bonds. The van der Waals surface area contributed by atoms with Gasteiger partial charge in [0.05, 0.1) is 5.54 Å². The van der Waals surface area contributed by atoms with Crippen molar-refractivity contribution in [2.24, 2.45) is 28.8 Å². The standard InChI is InChI=1S/C9H15N3/c1-5-4-7-6(2)8(7)9(5,3)11-12-10/h5-8H,4H2,1-3H3/t5-,6-,7?,8?,9?/m0/s1. The van der Waals surface area contributed by atoms with Gasteiger partial charge in [-0.3, -0.25) is 0 Å². The Labute approximate surface area is 72.8 Å². The van der Waals surface area contributed by atoms with Gasteiger partial charge in [-0.2, -0.15) is 0 Å². The van der Waals surface area contributed by atoms with Crippen LogP contribution in [0.2, 0.25) is 0 Å². The Morgan fingerprint density at radius 2 is 2.17 bits per heavy atom. The molecule has 0 heterocycles. The highest BCUT2D eigenvalue weighted by Crippen LogP contribution is 2.65. The summed E-state index contributed by atoms with van der Waals surface area (Å²) in [5, 5.41) is 3.99. The van der Waals surface area contributed by atoms with Crippen molar-refractivity contribution in [3.05, 3.63) is 10.4 Å². The highest BCUT2D eigenvalue weighted by Gasteiger charge is 2.63. The molecule has 2 aliphatic rings. The molecule has 0 bridgehead atoms. The molecule has 3 unspecified atom stereocenters. The first-order valence-corrected chi connectivity index (χ1v) is 4.67. The van der Waals surface area contributed by atoms with E-state index in [1.54, 1.807) is 0 Å². The maximum absolute atomic E-state index is 8.49. The molecule has 0 aliphatic heterocycles. The highest BCUT2D eigenvalue weighted by atomic mass is 15.2. The van der Waals surface area contributed by atoms with Crippen LogP contribution in [0.5, 0.6) is 0 Å². The second-order valence-electron chi connectivity index (χ2n) is 4.60. The molecular formula is C9H15N3. The van der Waals surface area contributed by atoms with Gasteiger partial charge in [-0.15, -0.1) is 0 Å². The first-order chi connectivity index (χ1) is 5.61. The van der Waals surface area contributed by atoms with Crippen molar-refractivity contribution in [3.8, 4) is 0 Å². The van der Waals surface area contributed by atoms with E-state index in [4.69, 9.17) is 5.53 Å². The molecule has 12 heavy (non-hydrogen) atoms. The third kappa shape index (κ3) is 0.748. The van der Waals surface area contributed by atoms with Gasteiger partial charge >= 0.3 is 0 Å². The second kappa shape index (κ2) is 2.17. The van der Waals surface area contributed by atoms with Gasteiger partial charge in [-0.25, -0.2) is 0 Å². The summed E-state index contributed by atoms with van der Waals surface area (Å²) >= 11 is 0. The minimum Gasteiger partial charge on any atom is -0.0870 e. The molecule has 0 saturated heterocycles. The number of hydrogen-bond acceptors (Lipinski definition) is 1. The van der Waals surface area contributed by atoms with Crippen molar-refractivity contribution in [2.45, 2.75) is 32.7 Å². The van der Waals surface area contributed by atoms with E-state index in [0.717, 1.165) is 11.8 Å². The number of hydrogen-bond donors (Lipinski definition) is 0. The maximum atomic E-state index is 8.49. The molecular weight excluding hydrogens is 150 g/mol. The van der Waals surface area contributed by atoms with Crippen LogP contribution < -0.4 is 0 Å². The van der Waals surface area contributed by atoms with Gasteiger partial charge in [-0.05, 0) is 35.6 Å². The summed E-state index contributed by atoms with van der Waals surface area (Å²) in [4.78, 5) is 2.98. The number of fused-ring (bicyclic) bond motifs is 1. The van der Waals surface area contributed by atoms with Gasteiger partial charge in [0, 0.05) is 4.91 Å². The summed E-state index contributed by atoms with van der Waals surface area (Å²) in [5.41, 5.74) is 8.41. The van der Waals surface area contributed by atoms with Crippen LogP contribution in [-0.4, -0.2) is 5.54 Å². The van der Waals surface area contributed by atoms with Gasteiger partial charge in [0.15, 0.2) is 0 Å². The Balaban J connectivity index is 2.28. The molecule has 0 radical (unpaired) electrons. The first-order valence-electron chi connectivity index (χ1n) is 4.67. The summed E-state index contributed by atoms with van der Waals surface area (Å²) in [6, 6.07) is 0. The zero-order valence-corrected chi connectivity index (χ0v) is 7.86. The Morgan fingerprint density at radius 3 is 2.67 bits per heavy atom. The molecule has 5 atom stereocenters. The predicted molar refractivity (Wildman–Crippen MR) is 47.5 cm³/mol. The van der Waals surface area contributed by atoms with Gasteiger partial charge in [-0.1, -0.05) is 25.9 Å². The second-order valence-corrected chi connectivity index (χ2v) is 4.60. The van der Waals surface area contributed by atoms with Crippen LogP contribution in [0.25, 0.3) is 10.4 Å². The lowest BCUT2D eigenvalue weighted by atomic mass is 9.85. The molecule has 2 fully saturated rings. The smallest absolute Gasteiger partial charge is 0.0519 e. The molecule has 0 N–H and O–H groups in total. The first kappa shape index (κ1) is 7.93. The minimum absolute atomic E-state index is 0.0845. The molecule has 2 aliphatic carbocycles. The summed E-state index contributed by atoms with van der Waals surface area (Å²) in [7, 11) is 0. The quantitative estimate of drug-likeness (QED) is 0.326. The number of rotatable bonds is 1. The topological polar surface area (TPSA) is 48.8 Å². The number of azide groups is 1. The molecule has 0 aromatic rings. The summed E-state index contributed by atoms with van der Waals surface area (Å²) in [6.45, 7) is 6.59. The summed E-state index contributed by atoms with van der Waals surface area (Å²) < 4.78 is 0. The fourth-order valence-corrected chi connectivity index (χ4v) is 3.11. The van der Waals surface area contributed by atoms with Crippen LogP contribution in [0.4, 0.5) is 0 Å². The molecule has 3 nitrogen and oxygen atoms in total. The van der Waals surface area contributed by atoms with Gasteiger partial charge in [0.1, 0.15) is 0 Å². The van der Waals surface area contributed by atoms with Crippen molar-refractivity contribution >= 4 is 0 Å². The molecule has 2 saturated carbocycles. The molecule has 2 rings (SSSR count). The maximum Gasteiger partial charge on any atom is 0.0519 e. The lowest BCUT2D eigenvalue weighted by Crippen LogP contribution is -2.30. The molecule has 0 aromatic heterocycles. The van der Waals surface area contributed by atoms with Crippen LogP contribution in [0, 0.1) is 23.7 Å². The largest absolute Gasteiger partial charge is 0.0870 e. The van der Waals surface area contributed by atoms with Crippen molar-refractivity contribution < 1.29 is 0 Å². The lowest BCUT2D eigenvalue weighted by Gasteiger charge is -2.27. The Kier molecular flexibility index (Phi) is 1.43. The van der Waals surface area contributed by atoms with Crippen LogP contribution in [-0.2, 0) is 0 Å². The molecule has 3 heteroatoms. The lowest BCUT2D eigenvalue weighted by molar-refractivity contribution is 0.297. The summed E-state index contributed by atoms with van der Waals surface area (Å²) in [6.07, 6.45) is 1.25. The zero-order valence-electron chi connectivity index (χ0n) is 7.86. The minimum atomic E-state index is -0.0845.